The molecule has 0 atom stereocenters. The Balaban J connectivity index is 1.08. The highest BCUT2D eigenvalue weighted by Crippen LogP contribution is 2.44. The predicted octanol–water partition coefficient (Wildman–Crippen LogP) is 14.7. The Hall–Kier alpha value is -8.28. The summed E-state index contributed by atoms with van der Waals surface area (Å²) in [5.74, 6) is 0.693. The first-order chi connectivity index (χ1) is 30.2. The highest BCUT2D eigenvalue weighted by Gasteiger charge is 2.23. The van der Waals surface area contributed by atoms with Crippen LogP contribution < -0.4 is 0 Å². The van der Waals surface area contributed by atoms with Crippen molar-refractivity contribution < 1.29 is 4.42 Å². The molecule has 5 nitrogen and oxygen atoms in total. The maximum absolute atomic E-state index is 6.54. The summed E-state index contributed by atoms with van der Waals surface area (Å²) in [5.41, 5.74) is 14.7. The average molecular weight is 779 g/mol. The Labute approximate surface area is 350 Å². The average Bonchev–Trinajstić information content (AvgIpc) is 3.98. The second kappa shape index (κ2) is 13.1. The van der Waals surface area contributed by atoms with Gasteiger partial charge in [0.25, 0.3) is 0 Å². The minimum atomic E-state index is 0.693. The summed E-state index contributed by atoms with van der Waals surface area (Å²) in [7, 11) is 0. The van der Waals surface area contributed by atoms with E-state index in [0.29, 0.717) is 5.82 Å². The van der Waals surface area contributed by atoms with E-state index >= 15 is 0 Å². The van der Waals surface area contributed by atoms with E-state index in [1.54, 1.807) is 0 Å². The van der Waals surface area contributed by atoms with Crippen LogP contribution in [0.3, 0.4) is 0 Å². The van der Waals surface area contributed by atoms with Gasteiger partial charge in [-0.3, -0.25) is 0 Å². The lowest BCUT2D eigenvalue weighted by Gasteiger charge is -2.12. The molecule has 284 valence electrons. The molecule has 0 aliphatic heterocycles. The van der Waals surface area contributed by atoms with E-state index in [1.807, 2.05) is 30.3 Å². The lowest BCUT2D eigenvalue weighted by atomic mass is 10.0. The summed E-state index contributed by atoms with van der Waals surface area (Å²) in [6.45, 7) is 0. The second-order valence-corrected chi connectivity index (χ2v) is 15.7. The molecule has 0 aliphatic rings. The molecule has 4 aromatic heterocycles. The number of para-hydroxylation sites is 3. The van der Waals surface area contributed by atoms with Gasteiger partial charge in [-0.05, 0) is 77.9 Å². The zero-order chi connectivity index (χ0) is 40.0. The Morgan fingerprint density at radius 1 is 0.344 bits per heavy atom. The van der Waals surface area contributed by atoms with Crippen LogP contribution in [0.4, 0.5) is 0 Å². The molecule has 0 unspecified atom stereocenters. The van der Waals surface area contributed by atoms with Gasteiger partial charge in [0.05, 0.1) is 33.3 Å². The predicted molar refractivity (Wildman–Crippen MR) is 252 cm³/mol. The second-order valence-electron chi connectivity index (χ2n) is 15.7. The van der Waals surface area contributed by atoms with Crippen molar-refractivity contribution >= 4 is 76.5 Å². The summed E-state index contributed by atoms with van der Waals surface area (Å²) in [5, 5.41) is 8.02. The van der Waals surface area contributed by atoms with Gasteiger partial charge in [-0.15, -0.1) is 0 Å². The quantitative estimate of drug-likeness (QED) is 0.175. The zero-order valence-electron chi connectivity index (χ0n) is 32.8. The van der Waals surface area contributed by atoms with E-state index in [4.69, 9.17) is 14.4 Å². The maximum Gasteiger partial charge on any atom is 0.160 e. The van der Waals surface area contributed by atoms with Gasteiger partial charge < -0.3 is 13.6 Å². The van der Waals surface area contributed by atoms with Gasteiger partial charge in [-0.25, -0.2) is 9.97 Å². The standard InChI is InChI=1S/C56H34N4O/c1-3-14-35(15-4-1)38-18-13-19-40(32-38)59-48-24-11-8-22-44(48)53-49(59)31-30-42-45-33-46-41-20-9-12-25-51(41)61-52(46)34-50(45)60(55(42)53)39-28-26-37(27-29-39)56-57-47-23-10-7-21-43(47)54(58-56)36-16-5-2-6-17-36/h1-34H. The van der Waals surface area contributed by atoms with E-state index < -0.39 is 0 Å². The summed E-state index contributed by atoms with van der Waals surface area (Å²) >= 11 is 0. The van der Waals surface area contributed by atoms with Gasteiger partial charge in [0.2, 0.25) is 0 Å². The highest BCUT2D eigenvalue weighted by molar-refractivity contribution is 6.27. The normalized spacial score (nSPS) is 11.9. The van der Waals surface area contributed by atoms with Crippen LogP contribution in [-0.4, -0.2) is 19.1 Å². The fourth-order valence-corrected chi connectivity index (χ4v) is 9.56. The van der Waals surface area contributed by atoms with Crippen molar-refractivity contribution in [2.24, 2.45) is 0 Å². The van der Waals surface area contributed by atoms with Crippen molar-refractivity contribution in [3.63, 3.8) is 0 Å². The van der Waals surface area contributed by atoms with E-state index in [0.717, 1.165) is 83.1 Å². The number of aromatic nitrogens is 4. The molecule has 0 saturated carbocycles. The first-order valence-electron chi connectivity index (χ1n) is 20.7. The molecular weight excluding hydrogens is 745 g/mol. The Bertz CT molecular complexity index is 3860. The minimum Gasteiger partial charge on any atom is -0.456 e. The molecule has 0 aliphatic carbocycles. The molecule has 9 aromatic carbocycles. The fourth-order valence-electron chi connectivity index (χ4n) is 9.56. The van der Waals surface area contributed by atoms with Crippen molar-refractivity contribution in [2.75, 3.05) is 0 Å². The van der Waals surface area contributed by atoms with Crippen LogP contribution in [0.5, 0.6) is 0 Å². The number of furan rings is 1. The van der Waals surface area contributed by atoms with Crippen molar-refractivity contribution in [2.45, 2.75) is 0 Å². The summed E-state index contributed by atoms with van der Waals surface area (Å²) in [6, 6.07) is 73.1. The van der Waals surface area contributed by atoms with Crippen LogP contribution in [-0.2, 0) is 0 Å². The number of hydrogen-bond acceptors (Lipinski definition) is 3. The molecule has 0 spiro atoms. The fraction of sp³-hybridized carbons (Fsp3) is 0. The molecule has 0 saturated heterocycles. The molecular formula is C56H34N4O. The van der Waals surface area contributed by atoms with Crippen LogP contribution in [0.2, 0.25) is 0 Å². The molecule has 13 aromatic rings. The van der Waals surface area contributed by atoms with E-state index in [9.17, 15) is 0 Å². The zero-order valence-corrected chi connectivity index (χ0v) is 32.8. The number of hydrogen-bond donors (Lipinski definition) is 0. The summed E-state index contributed by atoms with van der Waals surface area (Å²) in [4.78, 5) is 10.3. The monoisotopic (exact) mass is 778 g/mol. The van der Waals surface area contributed by atoms with Crippen molar-refractivity contribution in [1.29, 1.82) is 0 Å². The first kappa shape index (κ1) is 33.7. The number of fused-ring (bicyclic) bond motifs is 11. The Morgan fingerprint density at radius 2 is 1.05 bits per heavy atom. The maximum atomic E-state index is 6.54. The van der Waals surface area contributed by atoms with E-state index in [-0.39, 0.29) is 0 Å². The van der Waals surface area contributed by atoms with Gasteiger partial charge in [-0.1, -0.05) is 133 Å². The van der Waals surface area contributed by atoms with Crippen LogP contribution >= 0.6 is 0 Å². The molecule has 13 rings (SSSR count). The topological polar surface area (TPSA) is 48.8 Å². The summed E-state index contributed by atoms with van der Waals surface area (Å²) < 4.78 is 11.4. The minimum absolute atomic E-state index is 0.693. The third-order valence-electron chi connectivity index (χ3n) is 12.3. The van der Waals surface area contributed by atoms with E-state index in [2.05, 4.69) is 185 Å². The smallest absolute Gasteiger partial charge is 0.160 e. The Kier molecular flexibility index (Phi) is 7.24. The summed E-state index contributed by atoms with van der Waals surface area (Å²) in [6.07, 6.45) is 0. The highest BCUT2D eigenvalue weighted by atomic mass is 16.3. The van der Waals surface area contributed by atoms with Crippen LogP contribution in [0, 0.1) is 0 Å². The molecule has 4 heterocycles. The van der Waals surface area contributed by atoms with E-state index in [1.165, 1.54) is 32.7 Å². The van der Waals surface area contributed by atoms with Crippen molar-refractivity contribution in [3.05, 3.63) is 206 Å². The molecule has 0 radical (unpaired) electrons. The number of rotatable bonds is 5. The Morgan fingerprint density at radius 3 is 1.89 bits per heavy atom. The van der Waals surface area contributed by atoms with Crippen LogP contribution in [0.25, 0.3) is 122 Å². The van der Waals surface area contributed by atoms with Crippen LogP contribution in [0.15, 0.2) is 211 Å². The molecule has 0 bridgehead atoms. The molecule has 5 heteroatoms. The lowest BCUT2D eigenvalue weighted by Crippen LogP contribution is -1.97. The molecule has 61 heavy (non-hydrogen) atoms. The molecule has 0 amide bonds. The third-order valence-corrected chi connectivity index (χ3v) is 12.3. The van der Waals surface area contributed by atoms with Gasteiger partial charge in [0.1, 0.15) is 11.2 Å². The van der Waals surface area contributed by atoms with Gasteiger partial charge in [-0.2, -0.15) is 0 Å². The largest absolute Gasteiger partial charge is 0.456 e. The first-order valence-corrected chi connectivity index (χ1v) is 20.7. The molecule has 0 N–H and O–H groups in total. The van der Waals surface area contributed by atoms with Gasteiger partial charge >= 0.3 is 0 Å². The molecule has 0 fully saturated rings. The lowest BCUT2D eigenvalue weighted by molar-refractivity contribution is 0.669. The van der Waals surface area contributed by atoms with Crippen LogP contribution in [0.1, 0.15) is 0 Å². The van der Waals surface area contributed by atoms with Crippen molar-refractivity contribution in [1.82, 2.24) is 19.1 Å². The van der Waals surface area contributed by atoms with Crippen molar-refractivity contribution in [3.8, 4) is 45.1 Å². The third kappa shape index (κ3) is 5.14. The van der Waals surface area contributed by atoms with Gasteiger partial charge in [0, 0.05) is 66.3 Å². The SMILES string of the molecule is c1ccc(-c2cccc(-n3c4ccccc4c4c3ccc3c5cc6c(cc5n(-c5ccc(-c7nc(-c8ccccc8)c8ccccc8n7)cc5)c34)oc3ccccc36)c2)cc1. The van der Waals surface area contributed by atoms with Gasteiger partial charge in [0.15, 0.2) is 5.82 Å². The number of benzene rings is 9. The number of nitrogens with zero attached hydrogens (tertiary/aromatic N) is 4.